The van der Waals surface area contributed by atoms with Gasteiger partial charge in [-0.15, -0.1) is 0 Å². The van der Waals surface area contributed by atoms with Crippen molar-refractivity contribution < 1.29 is 5.11 Å². The fourth-order valence-electron chi connectivity index (χ4n) is 3.08. The van der Waals surface area contributed by atoms with Crippen molar-refractivity contribution in [2.24, 2.45) is 17.3 Å². The quantitative estimate of drug-likeness (QED) is 0.661. The first-order valence-electron chi connectivity index (χ1n) is 5.66. The van der Waals surface area contributed by atoms with Crippen LogP contribution < -0.4 is 0 Å². The van der Waals surface area contributed by atoms with Crippen LogP contribution >= 0.6 is 0 Å². The minimum atomic E-state index is -0.296. The van der Waals surface area contributed by atoms with E-state index in [-0.39, 0.29) is 5.60 Å². The monoisotopic (exact) mass is 182 g/mol. The van der Waals surface area contributed by atoms with E-state index in [1.807, 2.05) is 0 Å². The summed E-state index contributed by atoms with van der Waals surface area (Å²) in [6.07, 6.45) is 5.96. The second-order valence-electron chi connectivity index (χ2n) is 6.03. The SMILES string of the molecule is CC1CC(C)(C)CCC1(O)C1CC1. The Labute approximate surface area is 81.5 Å². The lowest BCUT2D eigenvalue weighted by molar-refractivity contribution is -0.0873. The van der Waals surface area contributed by atoms with Crippen molar-refractivity contribution in [2.45, 2.75) is 58.5 Å². The summed E-state index contributed by atoms with van der Waals surface area (Å²) in [6.45, 7) is 6.89. The summed E-state index contributed by atoms with van der Waals surface area (Å²) in [7, 11) is 0. The zero-order chi connectivity index (χ0) is 9.69. The predicted octanol–water partition coefficient (Wildman–Crippen LogP) is 2.97. The van der Waals surface area contributed by atoms with E-state index in [9.17, 15) is 5.11 Å². The van der Waals surface area contributed by atoms with E-state index >= 15 is 0 Å². The van der Waals surface area contributed by atoms with Gasteiger partial charge in [-0.2, -0.15) is 0 Å². The highest BCUT2D eigenvalue weighted by Gasteiger charge is 2.51. The molecule has 0 aromatic carbocycles. The van der Waals surface area contributed by atoms with Crippen molar-refractivity contribution in [2.75, 3.05) is 0 Å². The Kier molecular flexibility index (Phi) is 1.99. The van der Waals surface area contributed by atoms with Crippen LogP contribution in [0.5, 0.6) is 0 Å². The first kappa shape index (κ1) is 9.51. The first-order chi connectivity index (χ1) is 5.94. The Morgan fingerprint density at radius 1 is 1.15 bits per heavy atom. The second kappa shape index (κ2) is 2.73. The third-order valence-corrected chi connectivity index (χ3v) is 4.20. The molecule has 0 radical (unpaired) electrons. The smallest absolute Gasteiger partial charge is 0.0701 e. The molecule has 1 heteroatoms. The van der Waals surface area contributed by atoms with Gasteiger partial charge in [0.2, 0.25) is 0 Å². The van der Waals surface area contributed by atoms with Gasteiger partial charge in [0.25, 0.3) is 0 Å². The molecule has 0 spiro atoms. The molecule has 2 aliphatic rings. The van der Waals surface area contributed by atoms with E-state index in [0.717, 1.165) is 6.42 Å². The molecule has 2 rings (SSSR count). The van der Waals surface area contributed by atoms with E-state index in [1.54, 1.807) is 0 Å². The molecular weight excluding hydrogens is 160 g/mol. The van der Waals surface area contributed by atoms with Crippen LogP contribution in [0, 0.1) is 17.3 Å². The highest BCUT2D eigenvalue weighted by Crippen LogP contribution is 2.53. The summed E-state index contributed by atoms with van der Waals surface area (Å²) >= 11 is 0. The van der Waals surface area contributed by atoms with Crippen LogP contribution in [0.2, 0.25) is 0 Å². The average molecular weight is 182 g/mol. The highest BCUT2D eigenvalue weighted by molar-refractivity contribution is 5.02. The fourth-order valence-corrected chi connectivity index (χ4v) is 3.08. The molecule has 0 aromatic heterocycles. The van der Waals surface area contributed by atoms with Crippen molar-refractivity contribution in [3.05, 3.63) is 0 Å². The Bertz CT molecular complexity index is 205. The Balaban J connectivity index is 2.08. The molecule has 0 aliphatic heterocycles. The van der Waals surface area contributed by atoms with E-state index in [0.29, 0.717) is 17.3 Å². The minimum absolute atomic E-state index is 0.296. The highest BCUT2D eigenvalue weighted by atomic mass is 16.3. The van der Waals surface area contributed by atoms with Crippen LogP contribution in [0.1, 0.15) is 52.9 Å². The molecule has 13 heavy (non-hydrogen) atoms. The van der Waals surface area contributed by atoms with Crippen molar-refractivity contribution >= 4 is 0 Å². The van der Waals surface area contributed by atoms with Gasteiger partial charge < -0.3 is 5.11 Å². The molecule has 2 aliphatic carbocycles. The van der Waals surface area contributed by atoms with E-state index in [1.165, 1.54) is 25.7 Å². The second-order valence-corrected chi connectivity index (χ2v) is 6.03. The first-order valence-corrected chi connectivity index (χ1v) is 5.66. The average Bonchev–Trinajstić information content (AvgIpc) is 2.79. The largest absolute Gasteiger partial charge is 0.389 e. The van der Waals surface area contributed by atoms with Gasteiger partial charge in [0.15, 0.2) is 0 Å². The van der Waals surface area contributed by atoms with Gasteiger partial charge in [0, 0.05) is 0 Å². The molecule has 76 valence electrons. The van der Waals surface area contributed by atoms with E-state index < -0.39 is 0 Å². The molecule has 1 N–H and O–H groups in total. The molecule has 1 nitrogen and oxygen atoms in total. The van der Waals surface area contributed by atoms with Crippen LogP contribution in [-0.2, 0) is 0 Å². The summed E-state index contributed by atoms with van der Waals surface area (Å²) in [5.74, 6) is 1.14. The summed E-state index contributed by atoms with van der Waals surface area (Å²) in [4.78, 5) is 0. The topological polar surface area (TPSA) is 20.2 Å². The molecule has 0 bridgehead atoms. The van der Waals surface area contributed by atoms with Gasteiger partial charge in [0.05, 0.1) is 5.60 Å². The van der Waals surface area contributed by atoms with Crippen LogP contribution in [0.3, 0.4) is 0 Å². The number of hydrogen-bond acceptors (Lipinski definition) is 1. The van der Waals surface area contributed by atoms with Gasteiger partial charge in [-0.05, 0) is 49.4 Å². The summed E-state index contributed by atoms with van der Waals surface area (Å²) in [6, 6.07) is 0. The molecule has 0 heterocycles. The maximum absolute atomic E-state index is 10.5. The standard InChI is InChI=1S/C12H22O/c1-9-8-11(2,3)6-7-12(9,13)10-4-5-10/h9-10,13H,4-8H2,1-3H3. The van der Waals surface area contributed by atoms with Crippen molar-refractivity contribution in [3.63, 3.8) is 0 Å². The van der Waals surface area contributed by atoms with Crippen molar-refractivity contribution in [1.29, 1.82) is 0 Å². The van der Waals surface area contributed by atoms with Gasteiger partial charge in [-0.3, -0.25) is 0 Å². The molecule has 2 atom stereocenters. The maximum atomic E-state index is 10.5. The molecule has 0 saturated heterocycles. The maximum Gasteiger partial charge on any atom is 0.0701 e. The number of rotatable bonds is 1. The van der Waals surface area contributed by atoms with Crippen LogP contribution in [0.25, 0.3) is 0 Å². The fraction of sp³-hybridized carbons (Fsp3) is 1.00. The lowest BCUT2D eigenvalue weighted by Gasteiger charge is -2.45. The lowest BCUT2D eigenvalue weighted by atomic mass is 9.64. The molecule has 2 saturated carbocycles. The summed E-state index contributed by atoms with van der Waals surface area (Å²) in [5, 5.41) is 10.5. The van der Waals surface area contributed by atoms with Crippen LogP contribution in [0.15, 0.2) is 0 Å². The zero-order valence-electron chi connectivity index (χ0n) is 9.14. The Hall–Kier alpha value is -0.0400. The molecule has 0 amide bonds. The lowest BCUT2D eigenvalue weighted by Crippen LogP contribution is -2.45. The van der Waals surface area contributed by atoms with Gasteiger partial charge in [-0.25, -0.2) is 0 Å². The van der Waals surface area contributed by atoms with Gasteiger partial charge >= 0.3 is 0 Å². The molecule has 2 fully saturated rings. The minimum Gasteiger partial charge on any atom is -0.389 e. The van der Waals surface area contributed by atoms with E-state index in [2.05, 4.69) is 20.8 Å². The third kappa shape index (κ3) is 1.63. The number of hydrogen-bond donors (Lipinski definition) is 1. The van der Waals surface area contributed by atoms with Crippen LogP contribution in [-0.4, -0.2) is 10.7 Å². The Morgan fingerprint density at radius 3 is 2.23 bits per heavy atom. The predicted molar refractivity (Wildman–Crippen MR) is 54.5 cm³/mol. The van der Waals surface area contributed by atoms with Gasteiger partial charge in [0.1, 0.15) is 0 Å². The summed E-state index contributed by atoms with van der Waals surface area (Å²) in [5.41, 5.74) is 0.163. The van der Waals surface area contributed by atoms with Crippen LogP contribution in [0.4, 0.5) is 0 Å². The Morgan fingerprint density at radius 2 is 1.77 bits per heavy atom. The van der Waals surface area contributed by atoms with Crippen molar-refractivity contribution in [3.8, 4) is 0 Å². The normalized spacial score (nSPS) is 44.8. The third-order valence-electron chi connectivity index (χ3n) is 4.20. The van der Waals surface area contributed by atoms with Crippen molar-refractivity contribution in [1.82, 2.24) is 0 Å². The van der Waals surface area contributed by atoms with Gasteiger partial charge in [-0.1, -0.05) is 20.8 Å². The van der Waals surface area contributed by atoms with E-state index in [4.69, 9.17) is 0 Å². The zero-order valence-corrected chi connectivity index (χ0v) is 9.14. The number of aliphatic hydroxyl groups is 1. The molecule has 0 aromatic rings. The summed E-state index contributed by atoms with van der Waals surface area (Å²) < 4.78 is 0. The molecular formula is C12H22O. The molecule has 2 unspecified atom stereocenters.